The molecular weight excluding hydrogens is 346 g/mol. The summed E-state index contributed by atoms with van der Waals surface area (Å²) in [5.41, 5.74) is 2.05. The van der Waals surface area contributed by atoms with Crippen LogP contribution in [0, 0.1) is 0 Å². The highest BCUT2D eigenvalue weighted by Gasteiger charge is 2.41. The van der Waals surface area contributed by atoms with Crippen molar-refractivity contribution in [1.29, 1.82) is 0 Å². The van der Waals surface area contributed by atoms with Crippen molar-refractivity contribution in [2.45, 2.75) is 38.0 Å². The van der Waals surface area contributed by atoms with Gasteiger partial charge in [-0.2, -0.15) is 0 Å². The first-order chi connectivity index (χ1) is 13.1. The van der Waals surface area contributed by atoms with Crippen LogP contribution >= 0.6 is 0 Å². The van der Waals surface area contributed by atoms with Gasteiger partial charge in [0.1, 0.15) is 6.04 Å². The molecule has 1 aromatic carbocycles. The molecule has 0 saturated carbocycles. The van der Waals surface area contributed by atoms with E-state index in [4.69, 9.17) is 9.47 Å². The number of para-hydroxylation sites is 1. The minimum Gasteiger partial charge on any atom is -0.361 e. The van der Waals surface area contributed by atoms with Crippen LogP contribution in [0.2, 0.25) is 0 Å². The quantitative estimate of drug-likeness (QED) is 0.855. The van der Waals surface area contributed by atoms with Crippen molar-refractivity contribution in [3.63, 3.8) is 0 Å². The fraction of sp³-hybridized carbons (Fsp3) is 0.500. The van der Waals surface area contributed by atoms with Crippen molar-refractivity contribution in [3.8, 4) is 0 Å². The second-order valence-electron chi connectivity index (χ2n) is 7.25. The summed E-state index contributed by atoms with van der Waals surface area (Å²) in [4.78, 5) is 29.9. The Morgan fingerprint density at radius 3 is 2.63 bits per heavy atom. The molecule has 0 radical (unpaired) electrons. The molecular formula is C20H25N3O4. The van der Waals surface area contributed by atoms with Gasteiger partial charge in [-0.1, -0.05) is 18.2 Å². The Kier molecular flexibility index (Phi) is 4.88. The van der Waals surface area contributed by atoms with Crippen LogP contribution in [0.15, 0.2) is 30.5 Å². The molecule has 7 heteroatoms. The fourth-order valence-electron chi connectivity index (χ4n) is 4.04. The Labute approximate surface area is 158 Å². The van der Waals surface area contributed by atoms with E-state index in [1.165, 1.54) is 6.92 Å². The van der Waals surface area contributed by atoms with Gasteiger partial charge in [0.15, 0.2) is 5.79 Å². The van der Waals surface area contributed by atoms with E-state index >= 15 is 0 Å². The van der Waals surface area contributed by atoms with Crippen LogP contribution in [0.1, 0.15) is 25.3 Å². The van der Waals surface area contributed by atoms with Crippen LogP contribution in [0.5, 0.6) is 0 Å². The van der Waals surface area contributed by atoms with Gasteiger partial charge in [0.25, 0.3) is 0 Å². The Morgan fingerprint density at radius 2 is 1.93 bits per heavy atom. The number of likely N-dealkylation sites (tertiary alicyclic amines) is 1. The SMILES string of the molecule is CC(=O)NC(Cc1c[nH]c2ccccc12)C(=O)N1CCC2(CC1)OCCO2. The number of piperidine rings is 1. The van der Waals surface area contributed by atoms with E-state index in [1.54, 1.807) is 0 Å². The molecule has 2 fully saturated rings. The van der Waals surface area contributed by atoms with Crippen molar-refractivity contribution in [2.24, 2.45) is 0 Å². The number of carbonyl (C=O) groups is 2. The molecule has 2 aliphatic rings. The third kappa shape index (κ3) is 3.70. The highest BCUT2D eigenvalue weighted by atomic mass is 16.7. The molecule has 7 nitrogen and oxygen atoms in total. The average molecular weight is 371 g/mol. The molecule has 0 aliphatic carbocycles. The number of rotatable bonds is 4. The maximum absolute atomic E-state index is 13.1. The predicted molar refractivity (Wildman–Crippen MR) is 100 cm³/mol. The normalized spacial score (nSPS) is 20.1. The lowest BCUT2D eigenvalue weighted by Gasteiger charge is -2.38. The van der Waals surface area contributed by atoms with Gasteiger partial charge >= 0.3 is 0 Å². The molecule has 2 aromatic rings. The van der Waals surface area contributed by atoms with Gasteiger partial charge in [-0.05, 0) is 11.6 Å². The Bertz CT molecular complexity index is 831. The minimum absolute atomic E-state index is 0.0525. The third-order valence-electron chi connectivity index (χ3n) is 5.43. The van der Waals surface area contributed by atoms with Crippen LogP contribution in [0.4, 0.5) is 0 Å². The van der Waals surface area contributed by atoms with E-state index in [1.807, 2.05) is 35.4 Å². The fourth-order valence-corrected chi connectivity index (χ4v) is 4.04. The molecule has 1 unspecified atom stereocenters. The number of hydrogen-bond acceptors (Lipinski definition) is 4. The largest absolute Gasteiger partial charge is 0.361 e. The lowest BCUT2D eigenvalue weighted by atomic mass is 10.00. The van der Waals surface area contributed by atoms with Gasteiger partial charge in [0.05, 0.1) is 13.2 Å². The summed E-state index contributed by atoms with van der Waals surface area (Å²) < 4.78 is 11.5. The summed E-state index contributed by atoms with van der Waals surface area (Å²) in [5, 5.41) is 3.91. The van der Waals surface area contributed by atoms with E-state index in [0.29, 0.717) is 45.6 Å². The van der Waals surface area contributed by atoms with Crippen molar-refractivity contribution in [2.75, 3.05) is 26.3 Å². The number of benzene rings is 1. The molecule has 1 aromatic heterocycles. The summed E-state index contributed by atoms with van der Waals surface area (Å²) in [6.07, 6.45) is 3.70. The maximum Gasteiger partial charge on any atom is 0.245 e. The Morgan fingerprint density at radius 1 is 1.22 bits per heavy atom. The monoisotopic (exact) mass is 371 g/mol. The van der Waals surface area contributed by atoms with E-state index in [-0.39, 0.29) is 11.8 Å². The van der Waals surface area contributed by atoms with Crippen molar-refractivity contribution in [1.82, 2.24) is 15.2 Å². The number of nitrogens with zero attached hydrogens (tertiary/aromatic N) is 1. The average Bonchev–Trinajstić information content (AvgIpc) is 3.29. The lowest BCUT2D eigenvalue weighted by Crippen LogP contribution is -2.54. The number of aromatic amines is 1. The predicted octanol–water partition coefficient (Wildman–Crippen LogP) is 1.58. The number of fused-ring (bicyclic) bond motifs is 1. The standard InChI is InChI=1S/C20H25N3O4/c1-14(24)22-18(12-15-13-21-17-5-3-2-4-16(15)17)19(25)23-8-6-20(7-9-23)26-10-11-27-20/h2-5,13,18,21H,6-12H2,1H3,(H,22,24). The van der Waals surface area contributed by atoms with E-state index in [2.05, 4.69) is 10.3 Å². The van der Waals surface area contributed by atoms with Gasteiger partial charge < -0.3 is 24.7 Å². The second-order valence-corrected chi connectivity index (χ2v) is 7.25. The van der Waals surface area contributed by atoms with Crippen LogP contribution in [-0.2, 0) is 25.5 Å². The molecule has 4 rings (SSSR count). The first kappa shape index (κ1) is 18.0. The van der Waals surface area contributed by atoms with E-state index in [0.717, 1.165) is 16.5 Å². The van der Waals surface area contributed by atoms with E-state index in [9.17, 15) is 9.59 Å². The smallest absolute Gasteiger partial charge is 0.245 e. The van der Waals surface area contributed by atoms with Crippen LogP contribution in [0.3, 0.4) is 0 Å². The van der Waals surface area contributed by atoms with Crippen LogP contribution in [-0.4, -0.2) is 59.8 Å². The molecule has 1 atom stereocenters. The molecule has 144 valence electrons. The van der Waals surface area contributed by atoms with Crippen LogP contribution in [0.25, 0.3) is 10.9 Å². The summed E-state index contributed by atoms with van der Waals surface area (Å²) in [6.45, 7) is 3.82. The third-order valence-corrected chi connectivity index (χ3v) is 5.43. The molecule has 2 saturated heterocycles. The van der Waals surface area contributed by atoms with Gasteiger partial charge in [-0.25, -0.2) is 0 Å². The first-order valence-electron chi connectivity index (χ1n) is 9.45. The van der Waals surface area contributed by atoms with Crippen molar-refractivity contribution in [3.05, 3.63) is 36.0 Å². The number of ether oxygens (including phenoxy) is 2. The highest BCUT2D eigenvalue weighted by molar-refractivity contribution is 5.89. The zero-order valence-electron chi connectivity index (χ0n) is 15.5. The molecule has 1 spiro atoms. The molecule has 2 aliphatic heterocycles. The summed E-state index contributed by atoms with van der Waals surface area (Å²) in [6, 6.07) is 7.38. The van der Waals surface area contributed by atoms with Gasteiger partial charge in [0.2, 0.25) is 11.8 Å². The van der Waals surface area contributed by atoms with Crippen molar-refractivity contribution < 1.29 is 19.1 Å². The van der Waals surface area contributed by atoms with Crippen molar-refractivity contribution >= 4 is 22.7 Å². The summed E-state index contributed by atoms with van der Waals surface area (Å²) in [5.74, 6) is -0.774. The minimum atomic E-state index is -0.582. The lowest BCUT2D eigenvalue weighted by molar-refractivity contribution is -0.188. The van der Waals surface area contributed by atoms with Gasteiger partial charge in [-0.3, -0.25) is 9.59 Å². The highest BCUT2D eigenvalue weighted by Crippen LogP contribution is 2.31. The number of hydrogen-bond donors (Lipinski definition) is 2. The molecule has 2 N–H and O–H groups in total. The second kappa shape index (κ2) is 7.32. The summed E-state index contributed by atoms with van der Waals surface area (Å²) in [7, 11) is 0. The number of nitrogens with one attached hydrogen (secondary N) is 2. The topological polar surface area (TPSA) is 83.7 Å². The Balaban J connectivity index is 1.48. The number of carbonyl (C=O) groups excluding carboxylic acids is 2. The van der Waals surface area contributed by atoms with Gasteiger partial charge in [-0.15, -0.1) is 0 Å². The maximum atomic E-state index is 13.1. The number of H-pyrrole nitrogens is 1. The van der Waals surface area contributed by atoms with Crippen LogP contribution < -0.4 is 5.32 Å². The number of amides is 2. The molecule has 27 heavy (non-hydrogen) atoms. The zero-order chi connectivity index (χ0) is 18.9. The van der Waals surface area contributed by atoms with Gasteiger partial charge in [0, 0.05) is 56.4 Å². The Hall–Kier alpha value is -2.38. The zero-order valence-corrected chi connectivity index (χ0v) is 15.5. The summed E-state index contributed by atoms with van der Waals surface area (Å²) >= 11 is 0. The number of aromatic nitrogens is 1. The van der Waals surface area contributed by atoms with E-state index < -0.39 is 11.8 Å². The first-order valence-corrected chi connectivity index (χ1v) is 9.45. The molecule has 0 bridgehead atoms. The molecule has 2 amide bonds. The molecule has 3 heterocycles.